The molecule has 1 aromatic carbocycles. The number of benzene rings is 1. The Kier molecular flexibility index (Phi) is 4.14. The smallest absolute Gasteiger partial charge is 0.305 e. The van der Waals surface area contributed by atoms with Crippen molar-refractivity contribution in [1.82, 2.24) is 5.32 Å². The molecule has 0 spiro atoms. The summed E-state index contributed by atoms with van der Waals surface area (Å²) in [5, 5.41) is 11.5. The van der Waals surface area contributed by atoms with Gasteiger partial charge in [-0.2, -0.15) is 0 Å². The third-order valence-electron chi connectivity index (χ3n) is 3.19. The first-order chi connectivity index (χ1) is 9.04. The predicted molar refractivity (Wildman–Crippen MR) is 67.0 cm³/mol. The van der Waals surface area contributed by atoms with Crippen LogP contribution in [0.5, 0.6) is 0 Å². The van der Waals surface area contributed by atoms with Crippen LogP contribution in [0.3, 0.4) is 0 Å². The van der Waals surface area contributed by atoms with E-state index in [0.29, 0.717) is 5.56 Å². The Labute approximate surface area is 110 Å². The van der Waals surface area contributed by atoms with Crippen LogP contribution in [0, 0.1) is 11.7 Å². The van der Waals surface area contributed by atoms with Gasteiger partial charge in [-0.05, 0) is 36.5 Å². The number of carboxylic acids is 1. The van der Waals surface area contributed by atoms with Crippen molar-refractivity contribution >= 4 is 11.9 Å². The highest BCUT2D eigenvalue weighted by molar-refractivity contribution is 5.79. The van der Waals surface area contributed by atoms with E-state index in [4.69, 9.17) is 5.11 Å². The van der Waals surface area contributed by atoms with Gasteiger partial charge in [0.15, 0.2) is 0 Å². The first-order valence-corrected chi connectivity index (χ1v) is 6.30. The monoisotopic (exact) mass is 265 g/mol. The molecule has 5 heteroatoms. The average Bonchev–Trinajstić information content (AvgIpc) is 3.10. The molecular weight excluding hydrogens is 249 g/mol. The number of hydrogen-bond acceptors (Lipinski definition) is 2. The van der Waals surface area contributed by atoms with Gasteiger partial charge in [0.1, 0.15) is 5.82 Å². The van der Waals surface area contributed by atoms with Crippen LogP contribution >= 0.6 is 0 Å². The molecule has 1 aliphatic carbocycles. The lowest BCUT2D eigenvalue weighted by molar-refractivity contribution is -0.137. The molecule has 19 heavy (non-hydrogen) atoms. The van der Waals surface area contributed by atoms with Gasteiger partial charge in [0.25, 0.3) is 0 Å². The minimum Gasteiger partial charge on any atom is -0.481 e. The zero-order valence-electron chi connectivity index (χ0n) is 10.4. The molecule has 0 radical (unpaired) electrons. The highest BCUT2D eigenvalue weighted by atomic mass is 19.1. The maximum absolute atomic E-state index is 13.0. The Morgan fingerprint density at radius 3 is 2.74 bits per heavy atom. The standard InChI is InChI=1S/C14H16FNO3/c15-11-3-1-2-9(6-11)7-13(17)16-12(8-14(18)19)10-4-5-10/h1-3,6,10,12H,4-5,7-8H2,(H,16,17)(H,18,19)/t12-/m1/s1. The lowest BCUT2D eigenvalue weighted by atomic mass is 10.1. The van der Waals surface area contributed by atoms with Crippen LogP contribution in [0.4, 0.5) is 4.39 Å². The molecule has 0 aromatic heterocycles. The number of carbonyl (C=O) groups excluding carboxylic acids is 1. The summed E-state index contributed by atoms with van der Waals surface area (Å²) >= 11 is 0. The molecule has 102 valence electrons. The van der Waals surface area contributed by atoms with Crippen molar-refractivity contribution in [2.24, 2.45) is 5.92 Å². The zero-order valence-corrected chi connectivity index (χ0v) is 10.4. The minimum absolute atomic E-state index is 0.0560. The van der Waals surface area contributed by atoms with E-state index in [1.54, 1.807) is 12.1 Å². The molecule has 1 aliphatic rings. The Bertz CT molecular complexity index is 485. The third kappa shape index (κ3) is 4.35. The van der Waals surface area contributed by atoms with Gasteiger partial charge >= 0.3 is 5.97 Å². The molecule has 1 amide bonds. The number of amides is 1. The van der Waals surface area contributed by atoms with E-state index in [2.05, 4.69) is 5.32 Å². The van der Waals surface area contributed by atoms with Crippen LogP contribution in [0.15, 0.2) is 24.3 Å². The first kappa shape index (κ1) is 13.5. The molecule has 0 aliphatic heterocycles. The summed E-state index contributed by atoms with van der Waals surface area (Å²) in [6.45, 7) is 0. The van der Waals surface area contributed by atoms with E-state index in [9.17, 15) is 14.0 Å². The summed E-state index contributed by atoms with van der Waals surface area (Å²) in [7, 11) is 0. The van der Waals surface area contributed by atoms with Gasteiger partial charge in [0.05, 0.1) is 12.8 Å². The molecule has 0 heterocycles. The first-order valence-electron chi connectivity index (χ1n) is 6.30. The predicted octanol–water partition coefficient (Wildman–Crippen LogP) is 1.74. The maximum atomic E-state index is 13.0. The molecule has 1 saturated carbocycles. The van der Waals surface area contributed by atoms with E-state index >= 15 is 0 Å². The number of carbonyl (C=O) groups is 2. The van der Waals surface area contributed by atoms with E-state index in [-0.39, 0.29) is 36.5 Å². The van der Waals surface area contributed by atoms with Crippen LogP contribution in [0.2, 0.25) is 0 Å². The van der Waals surface area contributed by atoms with Gasteiger partial charge in [-0.3, -0.25) is 9.59 Å². The second-order valence-electron chi connectivity index (χ2n) is 4.92. The highest BCUT2D eigenvalue weighted by Gasteiger charge is 2.33. The van der Waals surface area contributed by atoms with Gasteiger partial charge < -0.3 is 10.4 Å². The van der Waals surface area contributed by atoms with Gasteiger partial charge in [0, 0.05) is 6.04 Å². The summed E-state index contributed by atoms with van der Waals surface area (Å²) in [6.07, 6.45) is 1.93. The molecule has 0 saturated heterocycles. The molecule has 1 fully saturated rings. The molecule has 2 N–H and O–H groups in total. The fourth-order valence-electron chi connectivity index (χ4n) is 2.11. The topological polar surface area (TPSA) is 66.4 Å². The summed E-state index contributed by atoms with van der Waals surface area (Å²) in [5.74, 6) is -1.28. The van der Waals surface area contributed by atoms with Crippen molar-refractivity contribution in [2.75, 3.05) is 0 Å². The summed E-state index contributed by atoms with van der Waals surface area (Å²) < 4.78 is 13.0. The number of halogens is 1. The van der Waals surface area contributed by atoms with Crippen LogP contribution in [-0.2, 0) is 16.0 Å². The van der Waals surface area contributed by atoms with Crippen LogP contribution < -0.4 is 5.32 Å². The van der Waals surface area contributed by atoms with Gasteiger partial charge in [0.2, 0.25) is 5.91 Å². The molecule has 4 nitrogen and oxygen atoms in total. The maximum Gasteiger partial charge on any atom is 0.305 e. The van der Waals surface area contributed by atoms with E-state index in [1.807, 2.05) is 0 Å². The normalized spacial score (nSPS) is 15.8. The average molecular weight is 265 g/mol. The SMILES string of the molecule is O=C(O)C[C@@H](NC(=O)Cc1cccc(F)c1)C1CC1. The van der Waals surface area contributed by atoms with Crippen molar-refractivity contribution < 1.29 is 19.1 Å². The van der Waals surface area contributed by atoms with Crippen LogP contribution in [0.25, 0.3) is 0 Å². The highest BCUT2D eigenvalue weighted by Crippen LogP contribution is 2.34. The van der Waals surface area contributed by atoms with E-state index < -0.39 is 5.97 Å². The second-order valence-corrected chi connectivity index (χ2v) is 4.92. The minimum atomic E-state index is -0.914. The number of aliphatic carboxylic acids is 1. The van der Waals surface area contributed by atoms with E-state index in [0.717, 1.165) is 12.8 Å². The quantitative estimate of drug-likeness (QED) is 0.823. The third-order valence-corrected chi connectivity index (χ3v) is 3.19. The van der Waals surface area contributed by atoms with Crippen LogP contribution in [0.1, 0.15) is 24.8 Å². The Hall–Kier alpha value is -1.91. The molecule has 1 aromatic rings. The van der Waals surface area contributed by atoms with Gasteiger partial charge in [-0.15, -0.1) is 0 Å². The van der Waals surface area contributed by atoms with E-state index in [1.165, 1.54) is 12.1 Å². The molecule has 1 atom stereocenters. The zero-order chi connectivity index (χ0) is 13.8. The Morgan fingerprint density at radius 2 is 2.16 bits per heavy atom. The number of nitrogens with one attached hydrogen (secondary N) is 1. The van der Waals surface area contributed by atoms with Crippen molar-refractivity contribution in [3.63, 3.8) is 0 Å². The Balaban J connectivity index is 1.90. The van der Waals surface area contributed by atoms with Gasteiger partial charge in [-0.1, -0.05) is 12.1 Å². The Morgan fingerprint density at radius 1 is 1.42 bits per heavy atom. The molecule has 0 unspecified atom stereocenters. The number of rotatable bonds is 6. The van der Waals surface area contributed by atoms with Crippen molar-refractivity contribution in [3.8, 4) is 0 Å². The summed E-state index contributed by atoms with van der Waals surface area (Å²) in [5.41, 5.74) is 0.586. The van der Waals surface area contributed by atoms with Crippen molar-refractivity contribution in [2.45, 2.75) is 31.7 Å². The number of hydrogen-bond donors (Lipinski definition) is 2. The second kappa shape index (κ2) is 5.82. The molecule has 0 bridgehead atoms. The largest absolute Gasteiger partial charge is 0.481 e. The summed E-state index contributed by atoms with van der Waals surface area (Å²) in [6, 6.07) is 5.54. The lowest BCUT2D eigenvalue weighted by Gasteiger charge is -2.16. The number of carboxylic acid groups (broad SMARTS) is 1. The fourth-order valence-corrected chi connectivity index (χ4v) is 2.11. The molecule has 2 rings (SSSR count). The van der Waals surface area contributed by atoms with Crippen molar-refractivity contribution in [3.05, 3.63) is 35.6 Å². The van der Waals surface area contributed by atoms with Crippen LogP contribution in [-0.4, -0.2) is 23.0 Å². The molecular formula is C14H16FNO3. The summed E-state index contributed by atoms with van der Waals surface area (Å²) in [4.78, 5) is 22.5. The van der Waals surface area contributed by atoms with Crippen molar-refractivity contribution in [1.29, 1.82) is 0 Å². The lowest BCUT2D eigenvalue weighted by Crippen LogP contribution is -2.38. The fraction of sp³-hybridized carbons (Fsp3) is 0.429. The van der Waals surface area contributed by atoms with Gasteiger partial charge in [-0.25, -0.2) is 4.39 Å².